The summed E-state index contributed by atoms with van der Waals surface area (Å²) in [5.41, 5.74) is 5.13. The molecule has 1 rings (SSSR count). The molecule has 0 spiro atoms. The lowest BCUT2D eigenvalue weighted by atomic mass is 10.2. The summed E-state index contributed by atoms with van der Waals surface area (Å²) in [4.78, 5) is 24.2. The molecule has 17 heavy (non-hydrogen) atoms. The topological polar surface area (TPSA) is 99.3 Å². The van der Waals surface area contributed by atoms with Crippen molar-refractivity contribution in [2.75, 3.05) is 13.1 Å². The molecule has 0 aromatic carbocycles. The Morgan fingerprint density at radius 2 is 2.29 bits per heavy atom. The van der Waals surface area contributed by atoms with Crippen LogP contribution in [0.15, 0.2) is 0 Å². The van der Waals surface area contributed by atoms with Gasteiger partial charge in [0.1, 0.15) is 6.29 Å². The Bertz CT molecular complexity index is 293. The van der Waals surface area contributed by atoms with E-state index in [9.17, 15) is 9.59 Å². The second-order valence-corrected chi connectivity index (χ2v) is 4.23. The van der Waals surface area contributed by atoms with Gasteiger partial charge in [-0.1, -0.05) is 0 Å². The maximum Gasteiger partial charge on any atom is 0.223 e. The first-order valence-corrected chi connectivity index (χ1v) is 5.98. The Kier molecular flexibility index (Phi) is 5.45. The summed E-state index contributed by atoms with van der Waals surface area (Å²) in [7, 11) is 0. The second kappa shape index (κ2) is 6.88. The lowest BCUT2D eigenvalue weighted by Crippen LogP contribution is -2.36. The van der Waals surface area contributed by atoms with Gasteiger partial charge in [0.05, 0.1) is 6.04 Å². The van der Waals surface area contributed by atoms with Gasteiger partial charge < -0.3 is 20.7 Å². The van der Waals surface area contributed by atoms with Gasteiger partial charge in [-0.2, -0.15) is 0 Å². The van der Waals surface area contributed by atoms with E-state index in [0.29, 0.717) is 19.5 Å². The number of amides is 1. The highest BCUT2D eigenvalue weighted by Gasteiger charge is 2.27. The number of guanidine groups is 1. The first kappa shape index (κ1) is 13.5. The van der Waals surface area contributed by atoms with Gasteiger partial charge >= 0.3 is 0 Å². The quantitative estimate of drug-likeness (QED) is 0.260. The normalized spacial score (nSPS) is 19.1. The van der Waals surface area contributed by atoms with Crippen LogP contribution in [-0.2, 0) is 9.59 Å². The maximum atomic E-state index is 11.8. The van der Waals surface area contributed by atoms with E-state index < -0.39 is 0 Å². The van der Waals surface area contributed by atoms with E-state index in [-0.39, 0.29) is 17.9 Å². The van der Waals surface area contributed by atoms with Gasteiger partial charge in [-0.25, -0.2) is 0 Å². The molecule has 0 bridgehead atoms. The van der Waals surface area contributed by atoms with Crippen molar-refractivity contribution in [3.8, 4) is 0 Å². The summed E-state index contributed by atoms with van der Waals surface area (Å²) in [6.45, 7) is 1.31. The van der Waals surface area contributed by atoms with Crippen LogP contribution < -0.4 is 11.1 Å². The smallest absolute Gasteiger partial charge is 0.223 e. The van der Waals surface area contributed by atoms with Crippen molar-refractivity contribution >= 4 is 18.2 Å². The van der Waals surface area contributed by atoms with E-state index in [2.05, 4.69) is 5.32 Å². The highest BCUT2D eigenvalue weighted by atomic mass is 16.2. The molecule has 1 aliphatic heterocycles. The molecule has 6 heteroatoms. The van der Waals surface area contributed by atoms with Gasteiger partial charge in [-0.05, 0) is 25.7 Å². The fraction of sp³-hybridized carbons (Fsp3) is 0.727. The van der Waals surface area contributed by atoms with Gasteiger partial charge in [-0.3, -0.25) is 10.2 Å². The zero-order valence-electron chi connectivity index (χ0n) is 9.95. The Hall–Kier alpha value is -1.59. The van der Waals surface area contributed by atoms with Gasteiger partial charge in [-0.15, -0.1) is 0 Å². The maximum absolute atomic E-state index is 11.8. The molecule has 96 valence electrons. The van der Waals surface area contributed by atoms with Gasteiger partial charge in [0.2, 0.25) is 5.91 Å². The van der Waals surface area contributed by atoms with Crippen LogP contribution in [0, 0.1) is 5.41 Å². The Morgan fingerprint density at radius 3 is 2.94 bits per heavy atom. The van der Waals surface area contributed by atoms with Crippen LogP contribution in [0.25, 0.3) is 0 Å². The van der Waals surface area contributed by atoms with E-state index in [1.807, 2.05) is 0 Å². The van der Waals surface area contributed by atoms with Crippen LogP contribution in [0.5, 0.6) is 0 Å². The molecule has 6 nitrogen and oxygen atoms in total. The molecule has 1 aliphatic rings. The predicted molar refractivity (Wildman–Crippen MR) is 64.6 cm³/mol. The molecule has 0 radical (unpaired) electrons. The molecule has 1 heterocycles. The van der Waals surface area contributed by atoms with E-state index in [1.165, 1.54) is 0 Å². The van der Waals surface area contributed by atoms with Crippen molar-refractivity contribution < 1.29 is 9.59 Å². The summed E-state index contributed by atoms with van der Waals surface area (Å²) in [6, 6.07) is -0.210. The Balaban J connectivity index is 2.16. The Labute approximate surface area is 101 Å². The Morgan fingerprint density at radius 1 is 1.53 bits per heavy atom. The second-order valence-electron chi connectivity index (χ2n) is 4.23. The zero-order valence-corrected chi connectivity index (χ0v) is 9.95. The summed E-state index contributed by atoms with van der Waals surface area (Å²) in [6.07, 6.45) is 4.58. The molecule has 1 atom stereocenters. The van der Waals surface area contributed by atoms with E-state index in [4.69, 9.17) is 11.1 Å². The number of rotatable bonds is 6. The number of hydrogen-bond donors (Lipinski definition) is 3. The molecule has 4 N–H and O–H groups in total. The van der Waals surface area contributed by atoms with Crippen LogP contribution in [-0.4, -0.2) is 42.2 Å². The number of carbonyl (C=O) groups is 2. The van der Waals surface area contributed by atoms with Crippen molar-refractivity contribution in [3.05, 3.63) is 0 Å². The van der Waals surface area contributed by atoms with Crippen LogP contribution in [0.1, 0.15) is 32.1 Å². The number of aldehydes is 1. The molecule has 1 fully saturated rings. The number of nitrogens with two attached hydrogens (primary N) is 1. The van der Waals surface area contributed by atoms with Gasteiger partial charge in [0.25, 0.3) is 0 Å². The molecular formula is C11H20N4O2. The summed E-state index contributed by atoms with van der Waals surface area (Å²) in [5, 5.41) is 9.64. The largest absolute Gasteiger partial charge is 0.370 e. The first-order chi connectivity index (χ1) is 8.15. The fourth-order valence-electron chi connectivity index (χ4n) is 2.01. The lowest BCUT2D eigenvalue weighted by Gasteiger charge is -2.20. The molecule has 0 aromatic rings. The lowest BCUT2D eigenvalue weighted by molar-refractivity contribution is -0.134. The third kappa shape index (κ3) is 4.42. The standard InChI is InChI=1S/C11H20N4O2/c12-11(13)14-6-2-1-5-10(17)15-7-3-4-9(15)8-16/h8-9H,1-7H2,(H4,12,13,14)/t9-/m0/s1. The number of carbonyl (C=O) groups excluding carboxylic acids is 2. The highest BCUT2D eigenvalue weighted by Crippen LogP contribution is 2.17. The van der Waals surface area contributed by atoms with E-state index >= 15 is 0 Å². The molecule has 0 aromatic heterocycles. The van der Waals surface area contributed by atoms with Crippen molar-refractivity contribution in [2.45, 2.75) is 38.1 Å². The number of unbranched alkanes of at least 4 members (excludes halogenated alkanes) is 1. The van der Waals surface area contributed by atoms with Gasteiger partial charge in [0.15, 0.2) is 5.96 Å². The van der Waals surface area contributed by atoms with Crippen molar-refractivity contribution in [1.82, 2.24) is 10.2 Å². The van der Waals surface area contributed by atoms with Crippen molar-refractivity contribution in [2.24, 2.45) is 5.73 Å². The summed E-state index contributed by atoms with van der Waals surface area (Å²) >= 11 is 0. The predicted octanol–water partition coefficient (Wildman–Crippen LogP) is -0.170. The molecule has 0 saturated carbocycles. The van der Waals surface area contributed by atoms with Gasteiger partial charge in [0, 0.05) is 19.5 Å². The minimum absolute atomic E-state index is 0.0445. The number of nitrogens with zero attached hydrogens (tertiary/aromatic N) is 1. The minimum atomic E-state index is -0.210. The molecule has 1 amide bonds. The van der Waals surface area contributed by atoms with Crippen LogP contribution in [0.2, 0.25) is 0 Å². The SMILES string of the molecule is N=C(N)NCCCCC(=O)N1CCC[C@H]1C=O. The number of hydrogen-bond acceptors (Lipinski definition) is 3. The summed E-state index contributed by atoms with van der Waals surface area (Å²) < 4.78 is 0. The van der Waals surface area contributed by atoms with E-state index in [0.717, 1.165) is 32.0 Å². The van der Waals surface area contributed by atoms with Crippen molar-refractivity contribution in [3.63, 3.8) is 0 Å². The summed E-state index contributed by atoms with van der Waals surface area (Å²) in [5.74, 6) is 0.0133. The monoisotopic (exact) mass is 240 g/mol. The average Bonchev–Trinajstić information content (AvgIpc) is 2.75. The minimum Gasteiger partial charge on any atom is -0.370 e. The average molecular weight is 240 g/mol. The number of likely N-dealkylation sites (tertiary alicyclic amines) is 1. The number of nitrogens with one attached hydrogen (secondary N) is 2. The van der Waals surface area contributed by atoms with Crippen LogP contribution >= 0.6 is 0 Å². The molecule has 0 unspecified atom stereocenters. The van der Waals surface area contributed by atoms with Crippen LogP contribution in [0.3, 0.4) is 0 Å². The third-order valence-corrected chi connectivity index (χ3v) is 2.91. The van der Waals surface area contributed by atoms with Crippen LogP contribution in [0.4, 0.5) is 0 Å². The highest BCUT2D eigenvalue weighted by molar-refractivity contribution is 5.80. The third-order valence-electron chi connectivity index (χ3n) is 2.91. The first-order valence-electron chi connectivity index (χ1n) is 5.98. The van der Waals surface area contributed by atoms with Crippen molar-refractivity contribution in [1.29, 1.82) is 5.41 Å². The molecule has 1 saturated heterocycles. The van der Waals surface area contributed by atoms with E-state index in [1.54, 1.807) is 4.90 Å². The molecular weight excluding hydrogens is 220 g/mol. The zero-order chi connectivity index (χ0) is 12.7. The fourth-order valence-corrected chi connectivity index (χ4v) is 2.01. The molecule has 0 aliphatic carbocycles.